The van der Waals surface area contributed by atoms with E-state index < -0.39 is 0 Å². The Kier molecular flexibility index (Phi) is 7.02. The van der Waals surface area contributed by atoms with Crippen molar-refractivity contribution in [1.82, 2.24) is 0 Å². The van der Waals surface area contributed by atoms with Crippen molar-refractivity contribution in [2.75, 3.05) is 6.61 Å². The van der Waals surface area contributed by atoms with E-state index in [1.54, 1.807) is 0 Å². The largest absolute Gasteiger partial charge is 0.466 e. The lowest BCUT2D eigenvalue weighted by atomic mass is 10.0. The summed E-state index contributed by atoms with van der Waals surface area (Å²) in [4.78, 5) is 11.6. The summed E-state index contributed by atoms with van der Waals surface area (Å²) >= 11 is 0. The first-order chi connectivity index (χ1) is 12.0. The molecule has 0 saturated heterocycles. The van der Waals surface area contributed by atoms with Gasteiger partial charge in [0.05, 0.1) is 6.61 Å². The molecule has 25 heavy (non-hydrogen) atoms. The summed E-state index contributed by atoms with van der Waals surface area (Å²) in [7, 11) is 0. The molecule has 0 aliphatic carbocycles. The molecule has 2 aromatic rings. The lowest BCUT2D eigenvalue weighted by Gasteiger charge is -2.13. The maximum Gasteiger partial charge on any atom is 0.306 e. The van der Waals surface area contributed by atoms with Crippen LogP contribution in [-0.4, -0.2) is 12.6 Å². The van der Waals surface area contributed by atoms with Crippen molar-refractivity contribution in [2.45, 2.75) is 46.1 Å². The summed E-state index contributed by atoms with van der Waals surface area (Å²) in [6, 6.07) is 13.8. The van der Waals surface area contributed by atoms with Gasteiger partial charge in [0, 0.05) is 12.5 Å². The van der Waals surface area contributed by atoms with Gasteiger partial charge in [0.15, 0.2) is 0 Å². The van der Waals surface area contributed by atoms with E-state index in [-0.39, 0.29) is 12.0 Å². The average molecular weight is 341 g/mol. The normalized spacial score (nSPS) is 11.8. The van der Waals surface area contributed by atoms with Crippen LogP contribution in [-0.2, 0) is 22.4 Å². The van der Waals surface area contributed by atoms with Crippen LogP contribution in [0.4, 0.5) is 0 Å². The van der Waals surface area contributed by atoms with E-state index >= 15 is 0 Å². The number of aryl methyl sites for hydroxylation is 2. The molecular formula is C21H27NO3. The molecule has 0 aliphatic heterocycles. The number of carbonyl (C=O) groups excluding carboxylic acids is 1. The van der Waals surface area contributed by atoms with Crippen LogP contribution < -0.4 is 10.5 Å². The Labute approximate surface area is 150 Å². The summed E-state index contributed by atoms with van der Waals surface area (Å²) in [5, 5.41) is 0. The Hall–Kier alpha value is -2.33. The minimum atomic E-state index is -0.155. The van der Waals surface area contributed by atoms with Crippen LogP contribution in [0.1, 0.15) is 49.9 Å². The van der Waals surface area contributed by atoms with Crippen molar-refractivity contribution in [1.29, 1.82) is 0 Å². The molecule has 0 fully saturated rings. The van der Waals surface area contributed by atoms with Gasteiger partial charge in [-0.3, -0.25) is 4.79 Å². The molecule has 4 heteroatoms. The molecule has 134 valence electrons. The van der Waals surface area contributed by atoms with Crippen LogP contribution in [0, 0.1) is 0 Å². The fourth-order valence-electron chi connectivity index (χ4n) is 2.71. The van der Waals surface area contributed by atoms with Gasteiger partial charge in [0.1, 0.15) is 11.5 Å². The smallest absolute Gasteiger partial charge is 0.306 e. The van der Waals surface area contributed by atoms with E-state index in [0.717, 1.165) is 29.0 Å². The summed E-state index contributed by atoms with van der Waals surface area (Å²) in [5.41, 5.74) is 9.31. The van der Waals surface area contributed by atoms with Gasteiger partial charge in [0.2, 0.25) is 0 Å². The predicted molar refractivity (Wildman–Crippen MR) is 99.9 cm³/mol. The second-order valence-electron chi connectivity index (χ2n) is 6.05. The molecule has 0 bridgehead atoms. The Morgan fingerprint density at radius 2 is 1.84 bits per heavy atom. The van der Waals surface area contributed by atoms with Crippen molar-refractivity contribution >= 4 is 5.97 Å². The number of esters is 1. The first kappa shape index (κ1) is 19.0. The third kappa shape index (κ3) is 5.61. The minimum absolute atomic E-state index is 0.0278. The Morgan fingerprint density at radius 3 is 2.52 bits per heavy atom. The Morgan fingerprint density at radius 1 is 1.08 bits per heavy atom. The fraction of sp³-hybridized carbons (Fsp3) is 0.381. The van der Waals surface area contributed by atoms with Gasteiger partial charge in [-0.05, 0) is 67.6 Å². The van der Waals surface area contributed by atoms with Crippen molar-refractivity contribution < 1.29 is 14.3 Å². The first-order valence-electron chi connectivity index (χ1n) is 8.84. The van der Waals surface area contributed by atoms with Gasteiger partial charge in [0.25, 0.3) is 0 Å². The van der Waals surface area contributed by atoms with Crippen molar-refractivity contribution in [3.05, 3.63) is 59.2 Å². The average Bonchev–Trinajstić information content (AvgIpc) is 2.61. The Bertz CT molecular complexity index is 710. The molecule has 4 nitrogen and oxygen atoms in total. The van der Waals surface area contributed by atoms with Crippen LogP contribution in [0.2, 0.25) is 0 Å². The zero-order valence-corrected chi connectivity index (χ0v) is 15.2. The minimum Gasteiger partial charge on any atom is -0.466 e. The molecule has 1 atom stereocenters. The third-order valence-corrected chi connectivity index (χ3v) is 4.08. The van der Waals surface area contributed by atoms with Crippen molar-refractivity contribution in [3.8, 4) is 11.5 Å². The second-order valence-corrected chi connectivity index (χ2v) is 6.05. The van der Waals surface area contributed by atoms with Gasteiger partial charge in [-0.1, -0.05) is 25.1 Å². The van der Waals surface area contributed by atoms with Crippen LogP contribution in [0.15, 0.2) is 42.5 Å². The molecule has 0 amide bonds. The van der Waals surface area contributed by atoms with Crippen LogP contribution >= 0.6 is 0 Å². The number of hydrogen-bond donors (Lipinski definition) is 1. The van der Waals surface area contributed by atoms with Gasteiger partial charge in [-0.25, -0.2) is 0 Å². The Balaban J connectivity index is 2.10. The lowest BCUT2D eigenvalue weighted by molar-refractivity contribution is -0.143. The monoisotopic (exact) mass is 341 g/mol. The molecule has 0 spiro atoms. The highest BCUT2D eigenvalue weighted by Crippen LogP contribution is 2.27. The number of benzene rings is 2. The topological polar surface area (TPSA) is 61.5 Å². The van der Waals surface area contributed by atoms with E-state index in [2.05, 4.69) is 6.92 Å². The maximum absolute atomic E-state index is 11.6. The molecule has 0 saturated carbocycles. The number of carbonyl (C=O) groups is 1. The summed E-state index contributed by atoms with van der Waals surface area (Å²) in [6.45, 7) is 6.30. The summed E-state index contributed by atoms with van der Waals surface area (Å²) in [5.74, 6) is 1.41. The van der Waals surface area contributed by atoms with Gasteiger partial charge in [-0.2, -0.15) is 0 Å². The second kappa shape index (κ2) is 9.23. The number of rotatable bonds is 8. The van der Waals surface area contributed by atoms with Crippen LogP contribution in [0.5, 0.6) is 11.5 Å². The van der Waals surface area contributed by atoms with Crippen molar-refractivity contribution in [3.63, 3.8) is 0 Å². The highest BCUT2D eigenvalue weighted by atomic mass is 16.5. The zero-order chi connectivity index (χ0) is 18.2. The van der Waals surface area contributed by atoms with Crippen LogP contribution in [0.3, 0.4) is 0 Å². The summed E-state index contributed by atoms with van der Waals surface area (Å²) in [6.07, 6.45) is 1.97. The number of ether oxygens (including phenoxy) is 2. The molecule has 0 heterocycles. The molecule has 2 aromatic carbocycles. The van der Waals surface area contributed by atoms with E-state index in [9.17, 15) is 4.79 Å². The van der Waals surface area contributed by atoms with Crippen molar-refractivity contribution in [2.24, 2.45) is 5.73 Å². The molecule has 0 aliphatic rings. The van der Waals surface area contributed by atoms with E-state index in [4.69, 9.17) is 15.2 Å². The lowest BCUT2D eigenvalue weighted by Crippen LogP contribution is -2.06. The molecule has 2 rings (SSSR count). The van der Waals surface area contributed by atoms with E-state index in [0.29, 0.717) is 19.4 Å². The maximum atomic E-state index is 11.6. The quantitative estimate of drug-likeness (QED) is 0.715. The van der Waals surface area contributed by atoms with Gasteiger partial charge >= 0.3 is 5.97 Å². The van der Waals surface area contributed by atoms with E-state index in [1.165, 1.54) is 5.56 Å². The standard InChI is InChI=1S/C21H27NO3/c1-4-16-13-20(11-9-17(16)10-12-21(23)24-5-2)25-19-8-6-7-18(14-19)15(3)22/h6-9,11,13-15H,4-5,10,12,22H2,1-3H3. The van der Waals surface area contributed by atoms with Gasteiger partial charge < -0.3 is 15.2 Å². The predicted octanol–water partition coefficient (Wildman–Crippen LogP) is 4.56. The highest BCUT2D eigenvalue weighted by Gasteiger charge is 2.09. The molecule has 1 unspecified atom stereocenters. The highest BCUT2D eigenvalue weighted by molar-refractivity contribution is 5.69. The molecular weight excluding hydrogens is 314 g/mol. The third-order valence-electron chi connectivity index (χ3n) is 4.08. The van der Waals surface area contributed by atoms with E-state index in [1.807, 2.05) is 56.3 Å². The number of hydrogen-bond acceptors (Lipinski definition) is 4. The first-order valence-corrected chi connectivity index (χ1v) is 8.84. The zero-order valence-electron chi connectivity index (χ0n) is 15.2. The molecule has 0 radical (unpaired) electrons. The molecule has 2 N–H and O–H groups in total. The SMILES string of the molecule is CCOC(=O)CCc1ccc(Oc2cccc(C(C)N)c2)cc1CC. The van der Waals surface area contributed by atoms with Gasteiger partial charge in [-0.15, -0.1) is 0 Å². The summed E-state index contributed by atoms with van der Waals surface area (Å²) < 4.78 is 11.0. The molecule has 0 aromatic heterocycles. The fourth-order valence-corrected chi connectivity index (χ4v) is 2.71. The van der Waals surface area contributed by atoms with Crippen LogP contribution in [0.25, 0.3) is 0 Å². The number of nitrogens with two attached hydrogens (primary N) is 1.